The molecular formula is C23H16N2O5. The number of methoxy groups -OCH3 is 1. The van der Waals surface area contributed by atoms with Crippen LogP contribution in [0.25, 0.3) is 0 Å². The van der Waals surface area contributed by atoms with Crippen molar-refractivity contribution in [1.29, 1.82) is 0 Å². The van der Waals surface area contributed by atoms with Gasteiger partial charge in [-0.2, -0.15) is 0 Å². The summed E-state index contributed by atoms with van der Waals surface area (Å²) in [7, 11) is 1.30. The second kappa shape index (κ2) is 7.63. The fraction of sp³-hybridized carbons (Fsp3) is 0.0435. The Morgan fingerprint density at radius 2 is 1.30 bits per heavy atom. The number of fused-ring (bicyclic) bond motifs is 1. The van der Waals surface area contributed by atoms with Gasteiger partial charge in [0.2, 0.25) is 0 Å². The first-order valence-corrected chi connectivity index (χ1v) is 9.07. The summed E-state index contributed by atoms with van der Waals surface area (Å²) in [6, 6.07) is 19.1. The molecule has 148 valence electrons. The van der Waals surface area contributed by atoms with E-state index in [4.69, 9.17) is 0 Å². The van der Waals surface area contributed by atoms with Crippen LogP contribution in [0.5, 0.6) is 0 Å². The summed E-state index contributed by atoms with van der Waals surface area (Å²) >= 11 is 0. The van der Waals surface area contributed by atoms with Crippen LogP contribution in [-0.2, 0) is 4.74 Å². The van der Waals surface area contributed by atoms with E-state index in [9.17, 15) is 19.2 Å². The molecule has 0 radical (unpaired) electrons. The van der Waals surface area contributed by atoms with Gasteiger partial charge in [0.25, 0.3) is 17.7 Å². The first-order chi connectivity index (χ1) is 14.5. The van der Waals surface area contributed by atoms with Gasteiger partial charge in [-0.05, 0) is 60.7 Å². The van der Waals surface area contributed by atoms with Crippen LogP contribution in [0.15, 0.2) is 72.8 Å². The highest BCUT2D eigenvalue weighted by atomic mass is 16.5. The molecule has 3 aromatic rings. The number of benzene rings is 3. The maximum Gasteiger partial charge on any atom is 0.337 e. The lowest BCUT2D eigenvalue weighted by molar-refractivity contribution is 0.0600. The van der Waals surface area contributed by atoms with Crippen LogP contribution in [0.4, 0.5) is 11.4 Å². The molecule has 0 atom stereocenters. The van der Waals surface area contributed by atoms with Gasteiger partial charge in [0, 0.05) is 11.3 Å². The number of imide groups is 1. The third kappa shape index (κ3) is 3.33. The van der Waals surface area contributed by atoms with Crippen molar-refractivity contribution in [1.82, 2.24) is 0 Å². The quantitative estimate of drug-likeness (QED) is 0.534. The van der Waals surface area contributed by atoms with Gasteiger partial charge in [-0.15, -0.1) is 0 Å². The minimum absolute atomic E-state index is 0.354. The molecule has 7 heteroatoms. The number of nitrogens with one attached hydrogen (secondary N) is 1. The zero-order chi connectivity index (χ0) is 21.3. The lowest BCUT2D eigenvalue weighted by atomic mass is 10.1. The molecule has 4 rings (SSSR count). The normalized spacial score (nSPS) is 12.5. The predicted molar refractivity (Wildman–Crippen MR) is 110 cm³/mol. The largest absolute Gasteiger partial charge is 0.465 e. The van der Waals surface area contributed by atoms with Gasteiger partial charge in [-0.3, -0.25) is 14.4 Å². The summed E-state index contributed by atoms with van der Waals surface area (Å²) in [5, 5.41) is 2.72. The van der Waals surface area contributed by atoms with Crippen LogP contribution in [0.2, 0.25) is 0 Å². The number of rotatable bonds is 4. The third-order valence-electron chi connectivity index (χ3n) is 4.75. The van der Waals surface area contributed by atoms with Crippen LogP contribution in [-0.4, -0.2) is 30.8 Å². The van der Waals surface area contributed by atoms with Gasteiger partial charge in [0.1, 0.15) is 0 Å². The smallest absolute Gasteiger partial charge is 0.337 e. The van der Waals surface area contributed by atoms with Gasteiger partial charge in [-0.25, -0.2) is 9.69 Å². The van der Waals surface area contributed by atoms with E-state index in [0.717, 1.165) is 4.90 Å². The van der Waals surface area contributed by atoms with Crippen LogP contribution < -0.4 is 10.2 Å². The van der Waals surface area contributed by atoms with E-state index in [1.54, 1.807) is 60.7 Å². The van der Waals surface area contributed by atoms with Crippen molar-refractivity contribution in [2.24, 2.45) is 0 Å². The van der Waals surface area contributed by atoms with Crippen molar-refractivity contribution in [2.45, 2.75) is 0 Å². The molecule has 1 N–H and O–H groups in total. The van der Waals surface area contributed by atoms with E-state index < -0.39 is 17.8 Å². The Hall–Kier alpha value is -4.26. The highest BCUT2D eigenvalue weighted by Crippen LogP contribution is 2.28. The lowest BCUT2D eigenvalue weighted by Gasteiger charge is -2.14. The van der Waals surface area contributed by atoms with Crippen molar-refractivity contribution in [3.8, 4) is 0 Å². The molecule has 0 saturated carbocycles. The summed E-state index contributed by atoms with van der Waals surface area (Å²) in [6.07, 6.45) is 0. The molecule has 7 nitrogen and oxygen atoms in total. The predicted octanol–water partition coefficient (Wildman–Crippen LogP) is 3.53. The summed E-state index contributed by atoms with van der Waals surface area (Å²) < 4.78 is 4.64. The van der Waals surface area contributed by atoms with Crippen molar-refractivity contribution in [2.75, 3.05) is 17.3 Å². The molecule has 3 aromatic carbocycles. The number of ether oxygens (including phenoxy) is 1. The molecule has 0 fully saturated rings. The Morgan fingerprint density at radius 3 is 1.83 bits per heavy atom. The second-order valence-corrected chi connectivity index (χ2v) is 6.56. The highest BCUT2D eigenvalue weighted by molar-refractivity contribution is 6.34. The van der Waals surface area contributed by atoms with Crippen LogP contribution in [0.1, 0.15) is 41.4 Å². The molecule has 1 aliphatic rings. The molecule has 1 aliphatic heterocycles. The SMILES string of the molecule is COC(=O)c1ccc(NC(=O)c2ccc(N3C(=O)c4ccccc4C3=O)cc2)cc1. The zero-order valence-electron chi connectivity index (χ0n) is 15.9. The van der Waals surface area contributed by atoms with Crippen LogP contribution >= 0.6 is 0 Å². The van der Waals surface area contributed by atoms with Gasteiger partial charge in [-0.1, -0.05) is 12.1 Å². The number of hydrogen-bond donors (Lipinski definition) is 1. The minimum atomic E-state index is -0.461. The molecule has 0 spiro atoms. The van der Waals surface area contributed by atoms with E-state index in [2.05, 4.69) is 10.1 Å². The monoisotopic (exact) mass is 400 g/mol. The number of amides is 3. The summed E-state index contributed by atoms with van der Waals surface area (Å²) in [5.74, 6) is -1.61. The molecule has 0 bridgehead atoms. The average Bonchev–Trinajstić information content (AvgIpc) is 3.04. The number of carbonyl (C=O) groups excluding carboxylic acids is 4. The van der Waals surface area contributed by atoms with Gasteiger partial charge >= 0.3 is 5.97 Å². The second-order valence-electron chi connectivity index (χ2n) is 6.56. The molecule has 0 unspecified atom stereocenters. The number of carbonyl (C=O) groups is 4. The van der Waals surface area contributed by atoms with E-state index in [-0.39, 0.29) is 5.91 Å². The van der Waals surface area contributed by atoms with E-state index in [0.29, 0.717) is 33.6 Å². The van der Waals surface area contributed by atoms with Gasteiger partial charge < -0.3 is 10.1 Å². The minimum Gasteiger partial charge on any atom is -0.465 e. The molecule has 1 heterocycles. The van der Waals surface area contributed by atoms with E-state index in [1.807, 2.05) is 0 Å². The Morgan fingerprint density at radius 1 is 0.767 bits per heavy atom. The molecule has 0 aromatic heterocycles. The topological polar surface area (TPSA) is 92.8 Å². The molecule has 30 heavy (non-hydrogen) atoms. The number of anilines is 2. The Balaban J connectivity index is 1.49. The number of nitrogens with zero attached hydrogens (tertiary/aromatic N) is 1. The Bertz CT molecular complexity index is 1130. The molecule has 0 saturated heterocycles. The molecule has 3 amide bonds. The summed E-state index contributed by atoms with van der Waals surface area (Å²) in [4.78, 5) is 50.2. The average molecular weight is 400 g/mol. The fourth-order valence-corrected chi connectivity index (χ4v) is 3.20. The van der Waals surface area contributed by atoms with Crippen molar-refractivity contribution < 1.29 is 23.9 Å². The van der Waals surface area contributed by atoms with Crippen molar-refractivity contribution in [3.63, 3.8) is 0 Å². The molecule has 0 aliphatic carbocycles. The van der Waals surface area contributed by atoms with Gasteiger partial charge in [0.05, 0.1) is 29.5 Å². The van der Waals surface area contributed by atoms with Crippen LogP contribution in [0, 0.1) is 0 Å². The van der Waals surface area contributed by atoms with Crippen molar-refractivity contribution >= 4 is 35.1 Å². The fourth-order valence-electron chi connectivity index (χ4n) is 3.20. The van der Waals surface area contributed by atoms with E-state index in [1.165, 1.54) is 19.2 Å². The highest BCUT2D eigenvalue weighted by Gasteiger charge is 2.36. The summed E-state index contributed by atoms with van der Waals surface area (Å²) in [6.45, 7) is 0. The maximum absolute atomic E-state index is 12.6. The first-order valence-electron chi connectivity index (χ1n) is 9.07. The maximum atomic E-state index is 12.6. The standard InChI is InChI=1S/C23H16N2O5/c1-30-23(29)15-6-10-16(11-7-15)24-20(26)14-8-12-17(13-9-14)25-21(27)18-4-2-3-5-19(18)22(25)28/h2-13H,1H3,(H,24,26). The zero-order valence-corrected chi connectivity index (χ0v) is 15.9. The Labute approximate surface area is 171 Å². The molecular weight excluding hydrogens is 384 g/mol. The number of hydrogen-bond acceptors (Lipinski definition) is 5. The van der Waals surface area contributed by atoms with Crippen LogP contribution in [0.3, 0.4) is 0 Å². The van der Waals surface area contributed by atoms with Gasteiger partial charge in [0.15, 0.2) is 0 Å². The first kappa shape index (κ1) is 19.1. The van der Waals surface area contributed by atoms with E-state index >= 15 is 0 Å². The lowest BCUT2D eigenvalue weighted by Crippen LogP contribution is -2.29. The summed E-state index contributed by atoms with van der Waals surface area (Å²) in [5.41, 5.74) is 2.35. The number of esters is 1. The third-order valence-corrected chi connectivity index (χ3v) is 4.75. The van der Waals surface area contributed by atoms with Crippen molar-refractivity contribution in [3.05, 3.63) is 95.1 Å². The Kier molecular flexibility index (Phi) is 4.85.